The number of ether oxygens (including phenoxy) is 1. The molecule has 0 radical (unpaired) electrons. The average Bonchev–Trinajstić information content (AvgIpc) is 3.29. The van der Waals surface area contributed by atoms with Crippen molar-refractivity contribution < 1.29 is 28.8 Å². The summed E-state index contributed by atoms with van der Waals surface area (Å²) < 4.78 is 5.87. The van der Waals surface area contributed by atoms with Gasteiger partial charge in [0.25, 0.3) is 22.7 Å². The molecule has 234 valence electrons. The van der Waals surface area contributed by atoms with Gasteiger partial charge in [0.2, 0.25) is 5.91 Å². The second kappa shape index (κ2) is 15.0. The molecule has 0 bridgehead atoms. The maximum atomic E-state index is 13.2. The highest BCUT2D eigenvalue weighted by Gasteiger charge is 2.36. The van der Waals surface area contributed by atoms with Crippen molar-refractivity contribution in [1.82, 2.24) is 4.90 Å². The Hall–Kier alpha value is -5.17. The number of amides is 4. The summed E-state index contributed by atoms with van der Waals surface area (Å²) in [6.07, 6.45) is 2.35. The van der Waals surface area contributed by atoms with Gasteiger partial charge in [-0.1, -0.05) is 25.1 Å². The fourth-order valence-corrected chi connectivity index (χ4v) is 5.36. The molecule has 4 rings (SSSR count). The lowest BCUT2D eigenvalue weighted by Crippen LogP contribution is -2.36. The summed E-state index contributed by atoms with van der Waals surface area (Å²) in [4.78, 5) is 64.8. The predicted octanol–water partition coefficient (Wildman–Crippen LogP) is 5.70. The number of carbonyl (C=O) groups excluding carboxylic acids is 4. The van der Waals surface area contributed by atoms with E-state index in [1.807, 2.05) is 39.0 Å². The molecule has 12 nitrogen and oxygen atoms in total. The smallest absolute Gasteiger partial charge is 0.294 e. The zero-order valence-corrected chi connectivity index (χ0v) is 25.9. The Morgan fingerprint density at radius 3 is 2.33 bits per heavy atom. The number of carbonyl (C=O) groups is 4. The van der Waals surface area contributed by atoms with Gasteiger partial charge in [-0.15, -0.1) is 0 Å². The molecule has 13 heteroatoms. The van der Waals surface area contributed by atoms with Crippen LogP contribution in [0.4, 0.5) is 27.5 Å². The van der Waals surface area contributed by atoms with E-state index in [4.69, 9.17) is 4.74 Å². The number of hydrogen-bond donors (Lipinski definition) is 2. The molecule has 0 aliphatic carbocycles. The molecule has 0 spiro atoms. The molecule has 3 aromatic carbocycles. The van der Waals surface area contributed by atoms with Crippen molar-refractivity contribution in [3.8, 4) is 5.75 Å². The lowest BCUT2D eigenvalue weighted by Gasteiger charge is -2.22. The fraction of sp³-hybridized carbons (Fsp3) is 0.250. The van der Waals surface area contributed by atoms with E-state index in [-0.39, 0.29) is 22.0 Å². The number of nitrogens with one attached hydrogen (secondary N) is 2. The second-order valence-electron chi connectivity index (χ2n) is 9.91. The van der Waals surface area contributed by atoms with Gasteiger partial charge in [0, 0.05) is 53.9 Å². The second-order valence-corrected chi connectivity index (χ2v) is 10.9. The van der Waals surface area contributed by atoms with Crippen molar-refractivity contribution >= 4 is 63.5 Å². The Morgan fingerprint density at radius 2 is 1.67 bits per heavy atom. The number of non-ortho nitro benzene ring substituents is 1. The number of benzene rings is 3. The van der Waals surface area contributed by atoms with Crippen LogP contribution in [0.15, 0.2) is 71.6 Å². The topological polar surface area (TPSA) is 151 Å². The van der Waals surface area contributed by atoms with E-state index in [0.29, 0.717) is 36.1 Å². The number of imide groups is 1. The van der Waals surface area contributed by atoms with E-state index in [9.17, 15) is 29.3 Å². The molecule has 1 saturated heterocycles. The van der Waals surface area contributed by atoms with E-state index < -0.39 is 41.0 Å². The SMILES string of the molecule is CCc1ccc(NC(=O)CN2C(=O)S/C(=C/c3ccc(N(CC)CC)cc3OCC(=O)Nc3cccc([N+](=O)[O-])c3)C2=O)cc1. The molecule has 45 heavy (non-hydrogen) atoms. The maximum absolute atomic E-state index is 13.2. The first kappa shape index (κ1) is 32.7. The van der Waals surface area contributed by atoms with Crippen molar-refractivity contribution in [2.45, 2.75) is 27.2 Å². The highest BCUT2D eigenvalue weighted by molar-refractivity contribution is 8.18. The minimum atomic E-state index is -0.622. The number of aryl methyl sites for hydroxylation is 1. The third kappa shape index (κ3) is 8.48. The van der Waals surface area contributed by atoms with Crippen LogP contribution in [0.3, 0.4) is 0 Å². The fourth-order valence-electron chi connectivity index (χ4n) is 4.54. The summed E-state index contributed by atoms with van der Waals surface area (Å²) in [5.41, 5.74) is 3.01. The number of nitro benzene ring substituents is 1. The average molecular weight is 632 g/mol. The molecule has 0 aromatic heterocycles. The molecule has 0 saturated carbocycles. The number of thioether (sulfide) groups is 1. The molecule has 0 unspecified atom stereocenters. The number of anilines is 3. The summed E-state index contributed by atoms with van der Waals surface area (Å²) in [7, 11) is 0. The summed E-state index contributed by atoms with van der Waals surface area (Å²) >= 11 is 0.706. The van der Waals surface area contributed by atoms with Crippen LogP contribution in [-0.4, -0.2) is 59.0 Å². The lowest BCUT2D eigenvalue weighted by molar-refractivity contribution is -0.384. The van der Waals surface area contributed by atoms with Gasteiger partial charge >= 0.3 is 0 Å². The Balaban J connectivity index is 1.50. The third-order valence-electron chi connectivity index (χ3n) is 6.93. The van der Waals surface area contributed by atoms with Crippen molar-refractivity contribution in [2.24, 2.45) is 0 Å². The Bertz CT molecular complexity index is 1640. The summed E-state index contributed by atoms with van der Waals surface area (Å²) in [5.74, 6) is -1.40. The zero-order valence-electron chi connectivity index (χ0n) is 25.1. The minimum absolute atomic E-state index is 0.0987. The quantitative estimate of drug-likeness (QED) is 0.138. The summed E-state index contributed by atoms with van der Waals surface area (Å²) in [5, 5.41) is 15.8. The van der Waals surface area contributed by atoms with Gasteiger partial charge in [-0.05, 0) is 74.0 Å². The molecule has 1 fully saturated rings. The molecular weight excluding hydrogens is 598 g/mol. The van der Waals surface area contributed by atoms with E-state index in [2.05, 4.69) is 15.5 Å². The van der Waals surface area contributed by atoms with Crippen molar-refractivity contribution in [2.75, 3.05) is 41.8 Å². The van der Waals surface area contributed by atoms with E-state index in [0.717, 1.165) is 22.6 Å². The zero-order chi connectivity index (χ0) is 32.5. The Kier molecular flexibility index (Phi) is 10.9. The highest BCUT2D eigenvalue weighted by Crippen LogP contribution is 2.35. The molecule has 1 aliphatic heterocycles. The number of nitrogens with zero attached hydrogens (tertiary/aromatic N) is 3. The predicted molar refractivity (Wildman–Crippen MR) is 174 cm³/mol. The maximum Gasteiger partial charge on any atom is 0.294 e. The molecule has 0 atom stereocenters. The van der Waals surface area contributed by atoms with Crippen LogP contribution >= 0.6 is 11.8 Å². The Labute approximate surface area is 264 Å². The molecular formula is C32H33N5O7S. The number of hydrogen-bond acceptors (Lipinski definition) is 9. The third-order valence-corrected chi connectivity index (χ3v) is 7.84. The van der Waals surface area contributed by atoms with Crippen LogP contribution in [0, 0.1) is 10.1 Å². The van der Waals surface area contributed by atoms with Crippen molar-refractivity contribution in [3.63, 3.8) is 0 Å². The van der Waals surface area contributed by atoms with Gasteiger partial charge in [0.15, 0.2) is 6.61 Å². The van der Waals surface area contributed by atoms with Gasteiger partial charge in [-0.2, -0.15) is 0 Å². The normalized spacial score (nSPS) is 13.6. The van der Waals surface area contributed by atoms with Crippen LogP contribution in [0.5, 0.6) is 5.75 Å². The molecule has 3 aromatic rings. The van der Waals surface area contributed by atoms with Gasteiger partial charge < -0.3 is 20.3 Å². The first-order valence-electron chi connectivity index (χ1n) is 14.3. The van der Waals surface area contributed by atoms with Gasteiger partial charge in [-0.25, -0.2) is 0 Å². The van der Waals surface area contributed by atoms with Crippen molar-refractivity contribution in [1.29, 1.82) is 0 Å². The first-order valence-corrected chi connectivity index (χ1v) is 15.1. The highest BCUT2D eigenvalue weighted by atomic mass is 32.2. The molecule has 1 heterocycles. The van der Waals surface area contributed by atoms with Gasteiger partial charge in [0.1, 0.15) is 12.3 Å². The summed E-state index contributed by atoms with van der Waals surface area (Å²) in [6, 6.07) is 18.1. The minimum Gasteiger partial charge on any atom is -0.483 e. The largest absolute Gasteiger partial charge is 0.483 e. The van der Waals surface area contributed by atoms with Crippen LogP contribution in [0.25, 0.3) is 6.08 Å². The van der Waals surface area contributed by atoms with Crippen LogP contribution in [0.1, 0.15) is 31.9 Å². The van der Waals surface area contributed by atoms with Crippen LogP contribution in [-0.2, 0) is 20.8 Å². The number of rotatable bonds is 13. The standard InChI is InChI=1S/C32H33N5O7S/c1-4-21-10-13-23(14-11-21)33-29(38)19-36-31(40)28(45-32(36)41)16-22-12-15-25(35(5-2)6-3)18-27(22)44-20-30(39)34-24-8-7-9-26(17-24)37(42)43/h7-18H,4-6,19-20H2,1-3H3,(H,33,38)(H,34,39)/b28-16+. The molecule has 2 N–H and O–H groups in total. The monoisotopic (exact) mass is 631 g/mol. The van der Waals surface area contributed by atoms with Gasteiger partial charge in [0.05, 0.1) is 9.83 Å². The van der Waals surface area contributed by atoms with E-state index in [1.165, 1.54) is 30.3 Å². The van der Waals surface area contributed by atoms with E-state index in [1.54, 1.807) is 24.3 Å². The Morgan fingerprint density at radius 1 is 0.956 bits per heavy atom. The van der Waals surface area contributed by atoms with E-state index >= 15 is 0 Å². The van der Waals surface area contributed by atoms with Crippen LogP contribution < -0.4 is 20.3 Å². The lowest BCUT2D eigenvalue weighted by atomic mass is 10.1. The van der Waals surface area contributed by atoms with Gasteiger partial charge in [-0.3, -0.25) is 34.2 Å². The van der Waals surface area contributed by atoms with Crippen LogP contribution in [0.2, 0.25) is 0 Å². The van der Waals surface area contributed by atoms with Crippen molar-refractivity contribution in [3.05, 3.63) is 92.9 Å². The first-order chi connectivity index (χ1) is 21.6. The summed E-state index contributed by atoms with van der Waals surface area (Å²) in [6.45, 7) is 6.58. The molecule has 1 aliphatic rings. The molecule has 4 amide bonds. The number of nitro groups is 1.